The fourth-order valence-corrected chi connectivity index (χ4v) is 3.81. The lowest BCUT2D eigenvalue weighted by Gasteiger charge is -2.38. The van der Waals surface area contributed by atoms with Crippen LogP contribution in [0.3, 0.4) is 0 Å². The molecular weight excluding hydrogens is 282 g/mol. The largest absolute Gasteiger partial charge is 0.480 e. The van der Waals surface area contributed by atoms with E-state index in [0.717, 1.165) is 25.7 Å². The van der Waals surface area contributed by atoms with Gasteiger partial charge in [0.1, 0.15) is 6.04 Å². The second kappa shape index (κ2) is 7.44. The van der Waals surface area contributed by atoms with Gasteiger partial charge in [0.05, 0.1) is 6.61 Å². The molecule has 126 valence electrons. The molecule has 2 rings (SSSR count). The molecular formula is C17H29NO4. The zero-order valence-electron chi connectivity index (χ0n) is 13.8. The molecule has 22 heavy (non-hydrogen) atoms. The van der Waals surface area contributed by atoms with Gasteiger partial charge >= 0.3 is 5.97 Å². The van der Waals surface area contributed by atoms with Gasteiger partial charge in [0.15, 0.2) is 0 Å². The van der Waals surface area contributed by atoms with E-state index < -0.39 is 12.0 Å². The second-order valence-electron chi connectivity index (χ2n) is 7.50. The minimum Gasteiger partial charge on any atom is -0.480 e. The second-order valence-corrected chi connectivity index (χ2v) is 7.50. The van der Waals surface area contributed by atoms with E-state index in [1.165, 1.54) is 12.8 Å². The van der Waals surface area contributed by atoms with Crippen LogP contribution in [-0.2, 0) is 14.3 Å². The third kappa shape index (κ3) is 4.45. The van der Waals surface area contributed by atoms with Crippen molar-refractivity contribution in [2.75, 3.05) is 13.2 Å². The maximum absolute atomic E-state index is 12.3. The van der Waals surface area contributed by atoms with Gasteiger partial charge in [-0.3, -0.25) is 4.79 Å². The molecule has 0 aromatic rings. The van der Waals surface area contributed by atoms with E-state index >= 15 is 0 Å². The van der Waals surface area contributed by atoms with Crippen molar-refractivity contribution in [3.05, 3.63) is 0 Å². The number of hydrogen-bond donors (Lipinski definition) is 2. The molecule has 0 spiro atoms. The van der Waals surface area contributed by atoms with E-state index in [-0.39, 0.29) is 17.2 Å². The average molecular weight is 311 g/mol. The van der Waals surface area contributed by atoms with Crippen molar-refractivity contribution in [3.63, 3.8) is 0 Å². The number of carbonyl (C=O) groups is 2. The first-order valence-electron chi connectivity index (χ1n) is 8.50. The molecule has 0 bridgehead atoms. The summed E-state index contributed by atoms with van der Waals surface area (Å²) >= 11 is 0. The number of rotatable bonds is 5. The predicted molar refractivity (Wildman–Crippen MR) is 83.5 cm³/mol. The van der Waals surface area contributed by atoms with Crippen molar-refractivity contribution in [3.8, 4) is 0 Å². The highest BCUT2D eigenvalue weighted by Gasteiger charge is 2.36. The molecule has 1 aliphatic carbocycles. The number of hydrogen-bond acceptors (Lipinski definition) is 3. The van der Waals surface area contributed by atoms with Crippen molar-refractivity contribution in [1.29, 1.82) is 0 Å². The highest BCUT2D eigenvalue weighted by Crippen LogP contribution is 2.42. The van der Waals surface area contributed by atoms with Gasteiger partial charge in [-0.2, -0.15) is 0 Å². The van der Waals surface area contributed by atoms with Crippen LogP contribution in [0.4, 0.5) is 0 Å². The number of carboxylic acid groups (broad SMARTS) is 1. The Kier molecular flexibility index (Phi) is 5.84. The molecule has 5 heteroatoms. The van der Waals surface area contributed by atoms with E-state index in [0.29, 0.717) is 25.6 Å². The molecule has 1 amide bonds. The number of nitrogens with one attached hydrogen (secondary N) is 1. The van der Waals surface area contributed by atoms with E-state index in [9.17, 15) is 14.7 Å². The van der Waals surface area contributed by atoms with Gasteiger partial charge in [-0.05, 0) is 37.0 Å². The summed E-state index contributed by atoms with van der Waals surface area (Å²) in [7, 11) is 0. The van der Waals surface area contributed by atoms with Crippen molar-refractivity contribution in [2.24, 2.45) is 17.3 Å². The Morgan fingerprint density at radius 2 is 2.05 bits per heavy atom. The number of ether oxygens (including phenoxy) is 1. The fourth-order valence-electron chi connectivity index (χ4n) is 3.81. The minimum absolute atomic E-state index is 0.116. The van der Waals surface area contributed by atoms with Crippen molar-refractivity contribution < 1.29 is 19.4 Å². The van der Waals surface area contributed by atoms with Crippen LogP contribution in [0.2, 0.25) is 0 Å². The quantitative estimate of drug-likeness (QED) is 0.818. The predicted octanol–water partition coefficient (Wildman–Crippen LogP) is 2.59. The Labute approximate surface area is 132 Å². The summed E-state index contributed by atoms with van der Waals surface area (Å²) in [6.07, 6.45) is 6.69. The molecule has 5 nitrogen and oxygen atoms in total. The molecule has 2 fully saturated rings. The Hall–Kier alpha value is -1.10. The van der Waals surface area contributed by atoms with Crippen LogP contribution < -0.4 is 5.32 Å². The number of aliphatic carboxylic acids is 1. The molecule has 1 saturated heterocycles. The molecule has 1 heterocycles. The lowest BCUT2D eigenvalue weighted by Crippen LogP contribution is -2.49. The third-order valence-corrected chi connectivity index (χ3v) is 5.41. The summed E-state index contributed by atoms with van der Waals surface area (Å²) in [6, 6.07) is -0.820. The molecule has 2 N–H and O–H groups in total. The molecule has 2 aliphatic rings. The molecule has 0 aromatic heterocycles. The van der Waals surface area contributed by atoms with Crippen LogP contribution in [0.5, 0.6) is 0 Å². The standard InChI is InChI=1S/C17H29NO4/c1-17(2)8-4-3-7-13(17)10-14(19)18-15(16(20)21)12-6-5-9-22-11-12/h12-13,15H,3-11H2,1-2H3,(H,18,19)(H,20,21). The Morgan fingerprint density at radius 3 is 2.64 bits per heavy atom. The van der Waals surface area contributed by atoms with Crippen LogP contribution in [-0.4, -0.2) is 36.2 Å². The first kappa shape index (κ1) is 17.3. The van der Waals surface area contributed by atoms with Gasteiger partial charge in [0.2, 0.25) is 5.91 Å². The maximum atomic E-state index is 12.3. The topological polar surface area (TPSA) is 75.6 Å². The molecule has 1 aliphatic heterocycles. The molecule has 3 atom stereocenters. The van der Waals surface area contributed by atoms with E-state index in [4.69, 9.17) is 4.74 Å². The SMILES string of the molecule is CC1(C)CCCCC1CC(=O)NC(C(=O)O)C1CCCOC1. The summed E-state index contributed by atoms with van der Waals surface area (Å²) in [5, 5.41) is 12.2. The van der Waals surface area contributed by atoms with Crippen LogP contribution >= 0.6 is 0 Å². The Bertz CT molecular complexity index is 401. The first-order chi connectivity index (χ1) is 10.4. The zero-order valence-corrected chi connectivity index (χ0v) is 13.8. The van der Waals surface area contributed by atoms with Crippen molar-refractivity contribution in [2.45, 2.75) is 64.8 Å². The van der Waals surface area contributed by atoms with Crippen LogP contribution in [0.25, 0.3) is 0 Å². The Balaban J connectivity index is 1.91. The van der Waals surface area contributed by atoms with Crippen LogP contribution in [0.15, 0.2) is 0 Å². The minimum atomic E-state index is -0.952. The normalized spacial score (nSPS) is 29.5. The molecule has 0 radical (unpaired) electrons. The molecule has 3 unspecified atom stereocenters. The lowest BCUT2D eigenvalue weighted by molar-refractivity contribution is -0.145. The first-order valence-corrected chi connectivity index (χ1v) is 8.50. The number of carbonyl (C=O) groups excluding carboxylic acids is 1. The molecule has 0 aromatic carbocycles. The fraction of sp³-hybridized carbons (Fsp3) is 0.882. The van der Waals surface area contributed by atoms with E-state index in [2.05, 4.69) is 19.2 Å². The van der Waals surface area contributed by atoms with Gasteiger partial charge in [-0.15, -0.1) is 0 Å². The summed E-state index contributed by atoms with van der Waals surface area (Å²) < 4.78 is 5.36. The van der Waals surface area contributed by atoms with Gasteiger partial charge in [0, 0.05) is 18.9 Å². The summed E-state index contributed by atoms with van der Waals surface area (Å²) in [6.45, 7) is 5.54. The van der Waals surface area contributed by atoms with Gasteiger partial charge in [-0.1, -0.05) is 26.7 Å². The summed E-state index contributed by atoms with van der Waals surface area (Å²) in [4.78, 5) is 23.8. The average Bonchev–Trinajstić information content (AvgIpc) is 2.47. The lowest BCUT2D eigenvalue weighted by atomic mass is 9.67. The number of carboxylic acids is 1. The Morgan fingerprint density at radius 1 is 1.27 bits per heavy atom. The number of amides is 1. The highest BCUT2D eigenvalue weighted by molar-refractivity contribution is 5.84. The summed E-state index contributed by atoms with van der Waals surface area (Å²) in [5.74, 6) is -0.849. The van der Waals surface area contributed by atoms with Gasteiger partial charge in [-0.25, -0.2) is 4.79 Å². The van der Waals surface area contributed by atoms with Gasteiger partial charge in [0.25, 0.3) is 0 Å². The third-order valence-electron chi connectivity index (χ3n) is 5.41. The van der Waals surface area contributed by atoms with Gasteiger partial charge < -0.3 is 15.2 Å². The van der Waals surface area contributed by atoms with E-state index in [1.807, 2.05) is 0 Å². The maximum Gasteiger partial charge on any atom is 0.326 e. The van der Waals surface area contributed by atoms with Crippen LogP contribution in [0, 0.1) is 17.3 Å². The highest BCUT2D eigenvalue weighted by atomic mass is 16.5. The smallest absolute Gasteiger partial charge is 0.326 e. The van der Waals surface area contributed by atoms with E-state index in [1.54, 1.807) is 0 Å². The summed E-state index contributed by atoms with van der Waals surface area (Å²) in [5.41, 5.74) is 0.169. The van der Waals surface area contributed by atoms with Crippen molar-refractivity contribution in [1.82, 2.24) is 5.32 Å². The van der Waals surface area contributed by atoms with Crippen LogP contribution in [0.1, 0.15) is 58.8 Å². The van der Waals surface area contributed by atoms with Crippen molar-refractivity contribution >= 4 is 11.9 Å². The zero-order chi connectivity index (χ0) is 16.2. The monoisotopic (exact) mass is 311 g/mol. The molecule has 1 saturated carbocycles.